The van der Waals surface area contributed by atoms with Crippen molar-refractivity contribution in [2.75, 3.05) is 0 Å². The molecule has 5 heteroatoms. The van der Waals surface area contributed by atoms with Crippen LogP contribution in [0.1, 0.15) is 41.5 Å². The van der Waals surface area contributed by atoms with Gasteiger partial charge in [-0.05, 0) is 61.2 Å². The lowest BCUT2D eigenvalue weighted by Gasteiger charge is -2.19. The van der Waals surface area contributed by atoms with Gasteiger partial charge in [0.1, 0.15) is 11.4 Å². The van der Waals surface area contributed by atoms with E-state index in [4.69, 9.17) is 9.84 Å². The Morgan fingerprint density at radius 1 is 0.561 bits per heavy atom. The number of carbonyl (C=O) groups is 2. The predicted molar refractivity (Wildman–Crippen MR) is 163 cm³/mol. The number of ether oxygens (including phenoxy) is 1. The van der Waals surface area contributed by atoms with Gasteiger partial charge in [0.05, 0.1) is 11.1 Å². The number of aromatic carboxylic acids is 1. The molecule has 5 aromatic rings. The molecule has 0 aromatic heterocycles. The molecule has 5 nitrogen and oxygen atoms in total. The topological polar surface area (TPSA) is 83.8 Å². The Kier molecular flexibility index (Phi) is 9.00. The van der Waals surface area contributed by atoms with Crippen LogP contribution in [0.5, 0.6) is 5.75 Å². The Morgan fingerprint density at radius 3 is 1.49 bits per heavy atom. The van der Waals surface area contributed by atoms with Crippen LogP contribution < -0.4 is 0 Å². The Labute approximate surface area is 240 Å². The molecule has 0 saturated heterocycles. The van der Waals surface area contributed by atoms with Crippen LogP contribution >= 0.6 is 0 Å². The molecule has 5 aromatic carbocycles. The minimum atomic E-state index is -1.14. The van der Waals surface area contributed by atoms with Crippen molar-refractivity contribution in [2.24, 2.45) is 0 Å². The van der Waals surface area contributed by atoms with E-state index in [1.54, 1.807) is 39.0 Å². The highest BCUT2D eigenvalue weighted by atomic mass is 16.6. The number of benzene rings is 5. The first kappa shape index (κ1) is 28.8. The monoisotopic (exact) mass is 544 g/mol. The van der Waals surface area contributed by atoms with Crippen molar-refractivity contribution >= 4 is 11.9 Å². The van der Waals surface area contributed by atoms with Crippen molar-refractivity contribution in [2.45, 2.75) is 26.4 Å². The molecule has 0 aliphatic heterocycles. The molecule has 206 valence electrons. The third kappa shape index (κ3) is 7.28. The van der Waals surface area contributed by atoms with Crippen molar-refractivity contribution in [3.05, 3.63) is 139 Å². The van der Waals surface area contributed by atoms with E-state index in [1.165, 1.54) is 12.1 Å². The average Bonchev–Trinajstić information content (AvgIpc) is 2.98. The van der Waals surface area contributed by atoms with E-state index in [0.29, 0.717) is 5.75 Å². The van der Waals surface area contributed by atoms with Crippen LogP contribution in [0, 0.1) is 0 Å². The predicted octanol–water partition coefficient (Wildman–Crippen LogP) is 8.73. The van der Waals surface area contributed by atoms with E-state index in [0.717, 1.165) is 33.4 Å². The summed E-state index contributed by atoms with van der Waals surface area (Å²) in [5.74, 6) is -1.46. The van der Waals surface area contributed by atoms with Crippen LogP contribution in [0.2, 0.25) is 0 Å². The summed E-state index contributed by atoms with van der Waals surface area (Å²) in [4.78, 5) is 22.6. The summed E-state index contributed by atoms with van der Waals surface area (Å²) >= 11 is 0. The summed E-state index contributed by atoms with van der Waals surface area (Å²) in [6.45, 7) is 5.19. The molecule has 0 amide bonds. The van der Waals surface area contributed by atoms with E-state index in [1.807, 2.05) is 72.8 Å². The first-order valence-electron chi connectivity index (χ1n) is 13.2. The molecule has 0 aliphatic carbocycles. The quantitative estimate of drug-likeness (QED) is 0.216. The molecule has 0 aliphatic rings. The van der Waals surface area contributed by atoms with E-state index < -0.39 is 17.5 Å². The fourth-order valence-corrected chi connectivity index (χ4v) is 4.43. The molecule has 0 saturated carbocycles. The Morgan fingerprint density at radius 2 is 1.00 bits per heavy atom. The Hall–Kier alpha value is -5.16. The van der Waals surface area contributed by atoms with Gasteiger partial charge in [0.15, 0.2) is 0 Å². The molecule has 0 radical (unpaired) electrons. The van der Waals surface area contributed by atoms with Crippen molar-refractivity contribution in [1.29, 1.82) is 0 Å². The summed E-state index contributed by atoms with van der Waals surface area (Å²) in [6, 6.07) is 40.4. The van der Waals surface area contributed by atoms with Crippen LogP contribution in [-0.4, -0.2) is 27.8 Å². The second-order valence-corrected chi connectivity index (χ2v) is 10.3. The highest BCUT2D eigenvalue weighted by molar-refractivity contribution is 6.02. The molecule has 2 N–H and O–H groups in total. The van der Waals surface area contributed by atoms with Crippen LogP contribution in [0.25, 0.3) is 33.4 Å². The lowest BCUT2D eigenvalue weighted by Crippen LogP contribution is -2.25. The number of hydrogen-bond acceptors (Lipinski definition) is 4. The molecule has 0 fully saturated rings. The smallest absolute Gasteiger partial charge is 0.339 e. The van der Waals surface area contributed by atoms with Gasteiger partial charge in [-0.1, -0.05) is 109 Å². The van der Waals surface area contributed by atoms with Crippen LogP contribution in [0.3, 0.4) is 0 Å². The third-order valence-electron chi connectivity index (χ3n) is 6.17. The molecule has 0 unspecified atom stereocenters. The summed E-state index contributed by atoms with van der Waals surface area (Å²) in [5.41, 5.74) is 5.67. The highest BCUT2D eigenvalue weighted by Crippen LogP contribution is 2.44. The minimum absolute atomic E-state index is 0.0447. The molecule has 0 spiro atoms. The second kappa shape index (κ2) is 12.8. The number of phenols is 1. The van der Waals surface area contributed by atoms with Gasteiger partial charge >= 0.3 is 11.9 Å². The van der Waals surface area contributed by atoms with Crippen LogP contribution in [-0.2, 0) is 4.74 Å². The zero-order chi connectivity index (χ0) is 29.4. The van der Waals surface area contributed by atoms with Crippen LogP contribution in [0.15, 0.2) is 127 Å². The number of aromatic hydroxyl groups is 1. The maximum Gasteiger partial charge on any atom is 0.339 e. The summed E-state index contributed by atoms with van der Waals surface area (Å²) in [7, 11) is 0. The number of carboxylic acid groups (broad SMARTS) is 1. The first-order chi connectivity index (χ1) is 19.7. The molecule has 41 heavy (non-hydrogen) atoms. The van der Waals surface area contributed by atoms with Gasteiger partial charge in [-0.2, -0.15) is 0 Å². The van der Waals surface area contributed by atoms with Gasteiger partial charge in [-0.25, -0.2) is 9.59 Å². The van der Waals surface area contributed by atoms with Crippen molar-refractivity contribution < 1.29 is 24.5 Å². The van der Waals surface area contributed by atoms with Gasteiger partial charge in [0, 0.05) is 11.1 Å². The van der Waals surface area contributed by atoms with Gasteiger partial charge in [0.2, 0.25) is 0 Å². The average molecular weight is 545 g/mol. The van der Waals surface area contributed by atoms with Crippen molar-refractivity contribution in [3.63, 3.8) is 0 Å². The SMILES string of the molecule is CC(C)(C)OC(=O)c1ccccc1C(=O)O.Oc1ccc(-c2ccccc2)c(-c2ccccc2)c1-c1ccccc1. The second-order valence-electron chi connectivity index (χ2n) is 10.3. The first-order valence-corrected chi connectivity index (χ1v) is 13.2. The van der Waals surface area contributed by atoms with E-state index in [9.17, 15) is 14.7 Å². The van der Waals surface area contributed by atoms with Crippen LogP contribution in [0.4, 0.5) is 0 Å². The molecule has 0 heterocycles. The summed E-state index contributed by atoms with van der Waals surface area (Å²) < 4.78 is 5.11. The van der Waals surface area contributed by atoms with Gasteiger partial charge in [0.25, 0.3) is 0 Å². The molecular weight excluding hydrogens is 512 g/mol. The number of carbonyl (C=O) groups excluding carboxylic acids is 1. The minimum Gasteiger partial charge on any atom is -0.507 e. The fourth-order valence-electron chi connectivity index (χ4n) is 4.43. The molecular formula is C36H32O5. The van der Waals surface area contributed by atoms with Gasteiger partial charge in [-0.3, -0.25) is 0 Å². The summed E-state index contributed by atoms with van der Waals surface area (Å²) in [6.07, 6.45) is 0. The number of rotatable bonds is 5. The lowest BCUT2D eigenvalue weighted by atomic mass is 9.87. The summed E-state index contributed by atoms with van der Waals surface area (Å²) in [5, 5.41) is 19.6. The zero-order valence-corrected chi connectivity index (χ0v) is 23.2. The van der Waals surface area contributed by atoms with E-state index in [2.05, 4.69) is 24.3 Å². The van der Waals surface area contributed by atoms with Crippen molar-refractivity contribution in [3.8, 4) is 39.1 Å². The number of hydrogen-bond donors (Lipinski definition) is 2. The highest BCUT2D eigenvalue weighted by Gasteiger charge is 2.22. The normalized spacial score (nSPS) is 10.7. The maximum atomic E-state index is 11.7. The van der Waals surface area contributed by atoms with Gasteiger partial charge in [-0.15, -0.1) is 0 Å². The largest absolute Gasteiger partial charge is 0.507 e. The number of esters is 1. The zero-order valence-electron chi connectivity index (χ0n) is 23.2. The molecule has 0 atom stereocenters. The van der Waals surface area contributed by atoms with E-state index in [-0.39, 0.29) is 11.1 Å². The van der Waals surface area contributed by atoms with Crippen molar-refractivity contribution in [1.82, 2.24) is 0 Å². The lowest BCUT2D eigenvalue weighted by molar-refractivity contribution is 0.00658. The van der Waals surface area contributed by atoms with E-state index >= 15 is 0 Å². The molecule has 0 bridgehead atoms. The maximum absolute atomic E-state index is 11.7. The standard InChI is InChI=1S/C24H18O.C12H14O4/c25-22-17-16-21(18-10-4-1-5-11-18)23(19-12-6-2-7-13-19)24(22)20-14-8-3-9-15-20;1-12(2,3)16-11(15)9-7-5-4-6-8(9)10(13)14/h1-17,25H;4-7H,1-3H3,(H,13,14). The fraction of sp³-hybridized carbons (Fsp3) is 0.111. The molecule has 5 rings (SSSR count). The Balaban J connectivity index is 0.000000210. The number of carboxylic acids is 1. The third-order valence-corrected chi connectivity index (χ3v) is 6.17. The van der Waals surface area contributed by atoms with Gasteiger partial charge < -0.3 is 14.9 Å². The number of phenolic OH excluding ortho intramolecular Hbond substituents is 1. The Bertz CT molecular complexity index is 1620.